The van der Waals surface area contributed by atoms with Crippen LogP contribution in [-0.2, 0) is 13.0 Å². The second kappa shape index (κ2) is 7.69. The summed E-state index contributed by atoms with van der Waals surface area (Å²) in [4.78, 5) is 0. The van der Waals surface area contributed by atoms with Crippen molar-refractivity contribution < 1.29 is 14.6 Å². The summed E-state index contributed by atoms with van der Waals surface area (Å²) in [7, 11) is 1.63. The van der Waals surface area contributed by atoms with Gasteiger partial charge in [-0.2, -0.15) is 0 Å². The lowest BCUT2D eigenvalue weighted by Crippen LogP contribution is -2.23. The van der Waals surface area contributed by atoms with Gasteiger partial charge in [0.2, 0.25) is 0 Å². The van der Waals surface area contributed by atoms with Crippen LogP contribution < -0.4 is 14.8 Å². The third-order valence-electron chi connectivity index (χ3n) is 4.60. The molecule has 1 aliphatic rings. The lowest BCUT2D eigenvalue weighted by atomic mass is 10.0. The molecule has 2 N–H and O–H groups in total. The number of hydrogen-bond donors (Lipinski definition) is 2. The van der Waals surface area contributed by atoms with Gasteiger partial charge in [-0.05, 0) is 41.2 Å². The third-order valence-corrected chi connectivity index (χ3v) is 4.60. The number of methoxy groups -OCH3 is 1. The molecule has 3 rings (SSSR count). The fraction of sp³-hybridized carbons (Fsp3) is 0.400. The van der Waals surface area contributed by atoms with Crippen molar-refractivity contribution in [1.29, 1.82) is 0 Å². The quantitative estimate of drug-likeness (QED) is 0.820. The van der Waals surface area contributed by atoms with Crippen LogP contribution in [0, 0.1) is 5.92 Å². The van der Waals surface area contributed by atoms with E-state index in [0.717, 1.165) is 18.5 Å². The first-order chi connectivity index (χ1) is 11.7. The highest BCUT2D eigenvalue weighted by Crippen LogP contribution is 2.36. The largest absolute Gasteiger partial charge is 0.493 e. The van der Waals surface area contributed by atoms with E-state index in [1.165, 1.54) is 11.1 Å². The highest BCUT2D eigenvalue weighted by molar-refractivity contribution is 5.43. The molecule has 4 nitrogen and oxygen atoms in total. The van der Waals surface area contributed by atoms with E-state index >= 15 is 0 Å². The Balaban J connectivity index is 1.68. The van der Waals surface area contributed by atoms with Gasteiger partial charge in [-0.15, -0.1) is 0 Å². The smallest absolute Gasteiger partial charge is 0.161 e. The zero-order valence-electron chi connectivity index (χ0n) is 14.3. The monoisotopic (exact) mass is 327 g/mol. The topological polar surface area (TPSA) is 50.7 Å². The molecular formula is C20H25NO3. The van der Waals surface area contributed by atoms with Gasteiger partial charge >= 0.3 is 0 Å². The lowest BCUT2D eigenvalue weighted by molar-refractivity contribution is 0.196. The summed E-state index contributed by atoms with van der Waals surface area (Å²) in [6.07, 6.45) is 1.13. The molecule has 128 valence electrons. The summed E-state index contributed by atoms with van der Waals surface area (Å²) >= 11 is 0. The number of rotatable bonds is 7. The van der Waals surface area contributed by atoms with Gasteiger partial charge in [-0.3, -0.25) is 0 Å². The van der Waals surface area contributed by atoms with Crippen LogP contribution in [0.2, 0.25) is 0 Å². The van der Waals surface area contributed by atoms with Crippen molar-refractivity contribution in [2.75, 3.05) is 20.3 Å². The molecule has 1 aliphatic carbocycles. The molecule has 0 saturated carbocycles. The van der Waals surface area contributed by atoms with Crippen LogP contribution in [0.25, 0.3) is 0 Å². The van der Waals surface area contributed by atoms with Crippen molar-refractivity contribution in [2.45, 2.75) is 25.9 Å². The molecular weight excluding hydrogens is 302 g/mol. The Kier molecular flexibility index (Phi) is 5.38. The molecule has 2 aromatic rings. The van der Waals surface area contributed by atoms with Gasteiger partial charge in [0.05, 0.1) is 13.7 Å². The van der Waals surface area contributed by atoms with Crippen LogP contribution in [0.1, 0.15) is 29.7 Å². The molecule has 0 bridgehead atoms. The van der Waals surface area contributed by atoms with Crippen molar-refractivity contribution in [3.63, 3.8) is 0 Å². The van der Waals surface area contributed by atoms with Crippen LogP contribution in [0.3, 0.4) is 0 Å². The highest BCUT2D eigenvalue weighted by Gasteiger charge is 2.28. The van der Waals surface area contributed by atoms with E-state index in [0.29, 0.717) is 23.5 Å². The van der Waals surface area contributed by atoms with E-state index in [1.807, 2.05) is 18.2 Å². The molecule has 0 aliphatic heterocycles. The number of aliphatic hydroxyl groups excluding tert-OH is 1. The summed E-state index contributed by atoms with van der Waals surface area (Å²) in [6, 6.07) is 15.0. The molecule has 0 aromatic heterocycles. The maximum atomic E-state index is 8.88. The van der Waals surface area contributed by atoms with Crippen molar-refractivity contribution >= 4 is 0 Å². The van der Waals surface area contributed by atoms with Gasteiger partial charge in [0.1, 0.15) is 6.61 Å². The molecule has 2 unspecified atom stereocenters. The zero-order chi connectivity index (χ0) is 16.9. The Morgan fingerprint density at radius 3 is 2.79 bits per heavy atom. The van der Waals surface area contributed by atoms with Crippen molar-refractivity contribution in [3.8, 4) is 11.5 Å². The fourth-order valence-electron chi connectivity index (χ4n) is 3.43. The van der Waals surface area contributed by atoms with E-state index in [4.69, 9.17) is 14.6 Å². The van der Waals surface area contributed by atoms with E-state index in [-0.39, 0.29) is 13.2 Å². The summed E-state index contributed by atoms with van der Waals surface area (Å²) in [6.45, 7) is 3.33. The molecule has 2 atom stereocenters. The Morgan fingerprint density at radius 1 is 1.17 bits per heavy atom. The first kappa shape index (κ1) is 16.8. The van der Waals surface area contributed by atoms with Crippen molar-refractivity contribution in [1.82, 2.24) is 5.32 Å². The molecule has 0 spiro atoms. The molecule has 0 amide bonds. The Morgan fingerprint density at radius 2 is 2.00 bits per heavy atom. The van der Waals surface area contributed by atoms with Gasteiger partial charge in [-0.25, -0.2) is 0 Å². The van der Waals surface area contributed by atoms with Crippen molar-refractivity contribution in [3.05, 3.63) is 59.2 Å². The van der Waals surface area contributed by atoms with E-state index < -0.39 is 0 Å². The van der Waals surface area contributed by atoms with Crippen LogP contribution in [-0.4, -0.2) is 25.4 Å². The SMILES string of the molecule is COc1cc(CNC2c3ccccc3CC2C)ccc1OCCO. The molecule has 0 radical (unpaired) electrons. The van der Waals surface area contributed by atoms with E-state index in [2.05, 4.69) is 36.5 Å². The Bertz CT molecular complexity index is 686. The predicted octanol–water partition coefficient (Wildman–Crippen LogP) is 3.09. The normalized spacial score (nSPS) is 19.1. The van der Waals surface area contributed by atoms with Gasteiger partial charge < -0.3 is 19.9 Å². The number of nitrogens with one attached hydrogen (secondary N) is 1. The molecule has 0 fully saturated rings. The van der Waals surface area contributed by atoms with E-state index in [1.54, 1.807) is 7.11 Å². The lowest BCUT2D eigenvalue weighted by Gasteiger charge is -2.19. The summed E-state index contributed by atoms with van der Waals surface area (Å²) < 4.78 is 10.9. The molecule has 4 heteroatoms. The van der Waals surface area contributed by atoms with Gasteiger partial charge in [-0.1, -0.05) is 37.3 Å². The Hall–Kier alpha value is -2.04. The van der Waals surface area contributed by atoms with Crippen LogP contribution in [0.5, 0.6) is 11.5 Å². The number of aliphatic hydroxyl groups is 1. The van der Waals surface area contributed by atoms with Crippen LogP contribution in [0.4, 0.5) is 0 Å². The number of benzene rings is 2. The second-order valence-electron chi connectivity index (χ2n) is 6.30. The van der Waals surface area contributed by atoms with E-state index in [9.17, 15) is 0 Å². The molecule has 2 aromatic carbocycles. The van der Waals surface area contributed by atoms with Gasteiger partial charge in [0, 0.05) is 12.6 Å². The minimum atomic E-state index is -0.00849. The summed E-state index contributed by atoms with van der Waals surface area (Å²) in [5.74, 6) is 1.95. The second-order valence-corrected chi connectivity index (χ2v) is 6.30. The minimum Gasteiger partial charge on any atom is -0.493 e. The third kappa shape index (κ3) is 3.55. The first-order valence-electron chi connectivity index (χ1n) is 8.44. The van der Waals surface area contributed by atoms with Gasteiger partial charge in [0.15, 0.2) is 11.5 Å². The minimum absolute atomic E-state index is 0.00849. The average molecular weight is 327 g/mol. The summed E-state index contributed by atoms with van der Waals surface area (Å²) in [5, 5.41) is 12.6. The van der Waals surface area contributed by atoms with Gasteiger partial charge in [0.25, 0.3) is 0 Å². The first-order valence-corrected chi connectivity index (χ1v) is 8.44. The Labute approximate surface area is 143 Å². The maximum absolute atomic E-state index is 8.88. The van der Waals surface area contributed by atoms with Crippen molar-refractivity contribution in [2.24, 2.45) is 5.92 Å². The fourth-order valence-corrected chi connectivity index (χ4v) is 3.43. The van der Waals surface area contributed by atoms with Crippen LogP contribution in [0.15, 0.2) is 42.5 Å². The average Bonchev–Trinajstić information content (AvgIpc) is 2.93. The number of fused-ring (bicyclic) bond motifs is 1. The summed E-state index contributed by atoms with van der Waals surface area (Å²) in [5.41, 5.74) is 4.02. The molecule has 24 heavy (non-hydrogen) atoms. The van der Waals surface area contributed by atoms with Crippen LogP contribution >= 0.6 is 0 Å². The highest BCUT2D eigenvalue weighted by atomic mass is 16.5. The predicted molar refractivity (Wildman–Crippen MR) is 94.5 cm³/mol. The maximum Gasteiger partial charge on any atom is 0.161 e. The number of hydrogen-bond acceptors (Lipinski definition) is 4. The number of ether oxygens (including phenoxy) is 2. The zero-order valence-corrected chi connectivity index (χ0v) is 14.3. The standard InChI is InChI=1S/C20H25NO3/c1-14-11-16-5-3-4-6-17(16)20(14)21-13-15-7-8-18(24-10-9-22)19(12-15)23-2/h3-8,12,14,20-22H,9-11,13H2,1-2H3. The molecule has 0 saturated heterocycles. The molecule has 0 heterocycles.